The summed E-state index contributed by atoms with van der Waals surface area (Å²) < 4.78 is 0.757. The van der Waals surface area contributed by atoms with E-state index in [2.05, 4.69) is 17.2 Å². The summed E-state index contributed by atoms with van der Waals surface area (Å²) in [6, 6.07) is 3.83. The van der Waals surface area contributed by atoms with Gasteiger partial charge in [0, 0.05) is 12.7 Å². The molecule has 0 aliphatic heterocycles. The highest BCUT2D eigenvalue weighted by molar-refractivity contribution is 7.18. The molecule has 0 radical (unpaired) electrons. The molecule has 0 saturated heterocycles. The third-order valence-electron chi connectivity index (χ3n) is 2.21. The number of thiophene rings is 1. The molecule has 0 aliphatic rings. The number of hydrogen-bond acceptors (Lipinski definition) is 2. The molecule has 5 heteroatoms. The molecule has 0 fully saturated rings. The van der Waals surface area contributed by atoms with Gasteiger partial charge in [-0.1, -0.05) is 18.5 Å². The second-order valence-corrected chi connectivity index (χ2v) is 7.08. The number of allylic oxidation sites excluding steroid dienone is 2. The normalized spacial score (nSPS) is 13.9. The van der Waals surface area contributed by atoms with Crippen LogP contribution in [0.5, 0.6) is 0 Å². The van der Waals surface area contributed by atoms with E-state index in [1.165, 1.54) is 11.3 Å². The molecular weight excluding hydrogens is 287 g/mol. The van der Waals surface area contributed by atoms with Crippen LogP contribution in [0.2, 0.25) is 4.34 Å². The van der Waals surface area contributed by atoms with Crippen LogP contribution in [0.25, 0.3) is 0 Å². The van der Waals surface area contributed by atoms with E-state index in [1.807, 2.05) is 32.1 Å². The summed E-state index contributed by atoms with van der Waals surface area (Å²) in [6.45, 7) is 5.99. The van der Waals surface area contributed by atoms with Gasteiger partial charge in [-0.2, -0.15) is 0 Å². The van der Waals surface area contributed by atoms with E-state index < -0.39 is 0 Å². The van der Waals surface area contributed by atoms with Crippen LogP contribution in [0.15, 0.2) is 28.9 Å². The molecule has 0 amide bonds. The molecule has 0 saturated carbocycles. The molecule has 0 aliphatic carbocycles. The number of rotatable bonds is 4. The minimum atomic E-state index is -0.371. The maximum Gasteiger partial charge on any atom is 0.142 e. The lowest BCUT2D eigenvalue weighted by molar-refractivity contribution is 0.838. The summed E-state index contributed by atoms with van der Waals surface area (Å²) in [5.74, 6) is 0.820. The molecule has 0 bridgehead atoms. The Kier molecular flexibility index (Phi) is 5.70. The van der Waals surface area contributed by atoms with Gasteiger partial charge in [0.1, 0.15) is 5.84 Å². The number of nitrogens with zero attached hydrogens (tertiary/aromatic N) is 1. The molecule has 0 aromatic carbocycles. The Morgan fingerprint density at radius 1 is 1.50 bits per heavy atom. The number of alkyl halides is 1. The summed E-state index contributed by atoms with van der Waals surface area (Å²) >= 11 is 13.6. The van der Waals surface area contributed by atoms with Crippen LogP contribution in [0.3, 0.4) is 0 Å². The van der Waals surface area contributed by atoms with Gasteiger partial charge in [-0.25, -0.2) is 0 Å². The molecule has 0 unspecified atom stereocenters. The van der Waals surface area contributed by atoms with Crippen LogP contribution >= 0.6 is 34.5 Å². The van der Waals surface area contributed by atoms with Crippen molar-refractivity contribution in [2.24, 2.45) is 4.99 Å². The Morgan fingerprint density at radius 3 is 2.56 bits per heavy atom. The third-order valence-corrected chi connectivity index (χ3v) is 3.55. The Morgan fingerprint density at radius 2 is 2.17 bits per heavy atom. The SMILES string of the molecule is CC/C(=C\C(C)(C)Cl)NC(=NC)c1ccc(Cl)s1. The first-order valence-electron chi connectivity index (χ1n) is 5.76. The van der Waals surface area contributed by atoms with Crippen LogP contribution in [0.1, 0.15) is 32.1 Å². The number of nitrogens with one attached hydrogen (secondary N) is 1. The highest BCUT2D eigenvalue weighted by Gasteiger charge is 2.12. The van der Waals surface area contributed by atoms with Gasteiger partial charge in [0.05, 0.1) is 14.1 Å². The van der Waals surface area contributed by atoms with E-state index in [0.717, 1.165) is 27.2 Å². The molecule has 1 N–H and O–H groups in total. The van der Waals surface area contributed by atoms with Gasteiger partial charge in [-0.3, -0.25) is 4.99 Å². The van der Waals surface area contributed by atoms with Crippen molar-refractivity contribution < 1.29 is 0 Å². The van der Waals surface area contributed by atoms with E-state index in [0.29, 0.717) is 0 Å². The van der Waals surface area contributed by atoms with E-state index in [4.69, 9.17) is 23.2 Å². The monoisotopic (exact) mass is 304 g/mol. The Labute approximate surface area is 123 Å². The van der Waals surface area contributed by atoms with Gasteiger partial charge >= 0.3 is 0 Å². The van der Waals surface area contributed by atoms with Crippen LogP contribution in [-0.2, 0) is 0 Å². The Bertz CT molecular complexity index is 456. The highest BCUT2D eigenvalue weighted by Crippen LogP contribution is 2.22. The van der Waals surface area contributed by atoms with Crippen molar-refractivity contribution in [2.45, 2.75) is 32.1 Å². The van der Waals surface area contributed by atoms with Crippen molar-refractivity contribution in [3.8, 4) is 0 Å². The molecule has 0 atom stereocenters. The molecule has 1 aromatic rings. The lowest BCUT2D eigenvalue weighted by Crippen LogP contribution is -2.24. The molecule has 18 heavy (non-hydrogen) atoms. The summed E-state index contributed by atoms with van der Waals surface area (Å²) in [7, 11) is 1.76. The van der Waals surface area contributed by atoms with Crippen LogP contribution in [-0.4, -0.2) is 17.8 Å². The van der Waals surface area contributed by atoms with Crippen molar-refractivity contribution >= 4 is 40.4 Å². The van der Waals surface area contributed by atoms with Gasteiger partial charge in [-0.15, -0.1) is 22.9 Å². The van der Waals surface area contributed by atoms with Gasteiger partial charge in [0.25, 0.3) is 0 Å². The van der Waals surface area contributed by atoms with Crippen molar-refractivity contribution in [2.75, 3.05) is 7.05 Å². The fourth-order valence-electron chi connectivity index (χ4n) is 1.46. The summed E-state index contributed by atoms with van der Waals surface area (Å²) in [6.07, 6.45) is 2.88. The van der Waals surface area contributed by atoms with E-state index >= 15 is 0 Å². The lowest BCUT2D eigenvalue weighted by Gasteiger charge is -2.16. The quantitative estimate of drug-likeness (QED) is 0.487. The highest BCUT2D eigenvalue weighted by atomic mass is 35.5. The molecular formula is C13H18Cl2N2S. The van der Waals surface area contributed by atoms with E-state index in [1.54, 1.807) is 7.05 Å². The zero-order valence-electron chi connectivity index (χ0n) is 11.1. The molecule has 1 aromatic heterocycles. The number of aliphatic imine (C=N–C) groups is 1. The Balaban J connectivity index is 2.90. The maximum atomic E-state index is 6.21. The third kappa shape index (κ3) is 5.01. The van der Waals surface area contributed by atoms with Crippen molar-refractivity contribution in [3.63, 3.8) is 0 Å². The Hall–Kier alpha value is -0.510. The molecule has 1 heterocycles. The first-order valence-corrected chi connectivity index (χ1v) is 7.33. The fourth-order valence-corrected chi connectivity index (χ4v) is 2.63. The molecule has 100 valence electrons. The largest absolute Gasteiger partial charge is 0.343 e. The zero-order valence-corrected chi connectivity index (χ0v) is 13.4. The number of hydrogen-bond donors (Lipinski definition) is 1. The van der Waals surface area contributed by atoms with Crippen LogP contribution < -0.4 is 5.32 Å². The number of halogens is 2. The molecule has 1 rings (SSSR count). The minimum absolute atomic E-state index is 0.371. The van der Waals surface area contributed by atoms with Crippen LogP contribution in [0, 0.1) is 0 Å². The van der Waals surface area contributed by atoms with E-state index in [9.17, 15) is 0 Å². The average Bonchev–Trinajstić information content (AvgIpc) is 2.69. The van der Waals surface area contributed by atoms with Gasteiger partial charge in [0.2, 0.25) is 0 Å². The summed E-state index contributed by atoms with van der Waals surface area (Å²) in [5.41, 5.74) is 1.06. The maximum absolute atomic E-state index is 6.21. The van der Waals surface area contributed by atoms with E-state index in [-0.39, 0.29) is 4.87 Å². The zero-order chi connectivity index (χ0) is 13.8. The summed E-state index contributed by atoms with van der Waals surface area (Å²) in [4.78, 5) is 4.91. The fraction of sp³-hybridized carbons (Fsp3) is 0.462. The van der Waals surface area contributed by atoms with Gasteiger partial charge in [0.15, 0.2) is 0 Å². The molecule has 2 nitrogen and oxygen atoms in total. The van der Waals surface area contributed by atoms with Gasteiger partial charge in [-0.05, 0) is 38.5 Å². The van der Waals surface area contributed by atoms with Gasteiger partial charge < -0.3 is 5.32 Å². The second kappa shape index (κ2) is 6.60. The average molecular weight is 305 g/mol. The first-order chi connectivity index (χ1) is 8.35. The van der Waals surface area contributed by atoms with Crippen LogP contribution in [0.4, 0.5) is 0 Å². The predicted octanol–water partition coefficient (Wildman–Crippen LogP) is 4.68. The van der Waals surface area contributed by atoms with Crippen molar-refractivity contribution in [3.05, 3.63) is 33.1 Å². The lowest BCUT2D eigenvalue weighted by atomic mass is 10.1. The topological polar surface area (TPSA) is 24.4 Å². The van der Waals surface area contributed by atoms with Crippen molar-refractivity contribution in [1.29, 1.82) is 0 Å². The number of amidine groups is 1. The summed E-state index contributed by atoms with van der Waals surface area (Å²) in [5, 5.41) is 3.32. The van der Waals surface area contributed by atoms with Crippen molar-refractivity contribution in [1.82, 2.24) is 5.32 Å². The first kappa shape index (κ1) is 15.5. The minimum Gasteiger partial charge on any atom is -0.343 e. The standard InChI is InChI=1S/C13H18Cl2N2S/c1-5-9(8-13(2,3)15)17-12(16-4)10-6-7-11(14)18-10/h6-8H,5H2,1-4H3,(H,16,17)/b9-8+. The smallest absolute Gasteiger partial charge is 0.142 e. The second-order valence-electron chi connectivity index (χ2n) is 4.39. The predicted molar refractivity (Wildman–Crippen MR) is 83.2 cm³/mol. The molecule has 0 spiro atoms.